The number of carbonyl (C=O) groups excluding carboxylic acids is 2. The molecule has 0 spiro atoms. The van der Waals surface area contributed by atoms with E-state index in [1.54, 1.807) is 31.2 Å². The standard InChI is InChI=1S/C32H48N4O5/c1-7-12-14-23(9-3)20-36(21-24(10-4)15-13-8-2)31(39)25-16-18-26(19-17-25)34-35-28-22(6)27(32(40)41-11-5)29(37)33-30(28)38/h16-19,23-24H,7-15,20-21H2,1-6H3,(H2,33,37,38). The van der Waals surface area contributed by atoms with Gasteiger partial charge < -0.3 is 14.7 Å². The smallest absolute Gasteiger partial charge is 0.343 e. The molecule has 9 heteroatoms. The Kier molecular flexibility index (Phi) is 14.3. The number of esters is 1. The molecular formula is C32H48N4O5. The lowest BCUT2D eigenvalue weighted by Gasteiger charge is -2.31. The number of carbonyl (C=O) groups is 2. The maximum absolute atomic E-state index is 13.7. The van der Waals surface area contributed by atoms with Gasteiger partial charge in [0.15, 0.2) is 5.69 Å². The van der Waals surface area contributed by atoms with E-state index in [2.05, 4.69) is 42.9 Å². The van der Waals surface area contributed by atoms with Gasteiger partial charge in [0.1, 0.15) is 5.56 Å². The summed E-state index contributed by atoms with van der Waals surface area (Å²) in [6, 6.07) is 6.85. The fraction of sp³-hybridized carbons (Fsp3) is 0.594. The molecule has 0 saturated heterocycles. The molecular weight excluding hydrogens is 520 g/mol. The molecule has 2 N–H and O–H groups in total. The summed E-state index contributed by atoms with van der Waals surface area (Å²) in [6.07, 6.45) is 8.95. The van der Waals surface area contributed by atoms with Crippen molar-refractivity contribution >= 4 is 23.3 Å². The monoisotopic (exact) mass is 568 g/mol. The van der Waals surface area contributed by atoms with Crippen LogP contribution in [-0.2, 0) is 4.74 Å². The van der Waals surface area contributed by atoms with E-state index in [0.717, 1.165) is 64.5 Å². The van der Waals surface area contributed by atoms with Crippen LogP contribution >= 0.6 is 0 Å². The highest BCUT2D eigenvalue weighted by molar-refractivity contribution is 5.95. The Morgan fingerprint density at radius 1 is 0.927 bits per heavy atom. The van der Waals surface area contributed by atoms with Gasteiger partial charge in [-0.2, -0.15) is 5.11 Å². The van der Waals surface area contributed by atoms with E-state index in [9.17, 15) is 19.5 Å². The number of hydrogen-bond acceptors (Lipinski definition) is 7. The van der Waals surface area contributed by atoms with Gasteiger partial charge in [0.2, 0.25) is 5.88 Å². The topological polar surface area (TPSA) is 124 Å². The maximum Gasteiger partial charge on any atom is 0.343 e. The molecule has 41 heavy (non-hydrogen) atoms. The minimum Gasteiger partial charge on any atom is -0.494 e. The number of nitrogens with one attached hydrogen (secondary N) is 1. The highest BCUT2D eigenvalue weighted by Gasteiger charge is 2.23. The molecule has 0 fully saturated rings. The van der Waals surface area contributed by atoms with Crippen molar-refractivity contribution < 1.29 is 19.4 Å². The zero-order chi connectivity index (χ0) is 30.4. The van der Waals surface area contributed by atoms with Gasteiger partial charge >= 0.3 is 5.97 Å². The predicted molar refractivity (Wildman–Crippen MR) is 163 cm³/mol. The molecule has 0 aliphatic carbocycles. The van der Waals surface area contributed by atoms with E-state index in [-0.39, 0.29) is 29.3 Å². The van der Waals surface area contributed by atoms with Gasteiger partial charge in [-0.05, 0) is 62.8 Å². The van der Waals surface area contributed by atoms with Crippen LogP contribution in [0.2, 0.25) is 0 Å². The van der Waals surface area contributed by atoms with Crippen molar-refractivity contribution in [1.29, 1.82) is 0 Å². The van der Waals surface area contributed by atoms with Crippen molar-refractivity contribution in [2.75, 3.05) is 19.7 Å². The Morgan fingerprint density at radius 3 is 1.98 bits per heavy atom. The summed E-state index contributed by atoms with van der Waals surface area (Å²) in [4.78, 5) is 42.6. The van der Waals surface area contributed by atoms with E-state index >= 15 is 0 Å². The lowest BCUT2D eigenvalue weighted by atomic mass is 9.95. The number of benzene rings is 1. The van der Waals surface area contributed by atoms with Crippen molar-refractivity contribution in [3.63, 3.8) is 0 Å². The van der Waals surface area contributed by atoms with Gasteiger partial charge in [-0.25, -0.2) is 4.79 Å². The fourth-order valence-corrected chi connectivity index (χ4v) is 4.93. The average Bonchev–Trinajstić information content (AvgIpc) is 2.96. The number of H-pyrrole nitrogens is 1. The predicted octanol–water partition coefficient (Wildman–Crippen LogP) is 7.86. The number of pyridine rings is 1. The van der Waals surface area contributed by atoms with Crippen LogP contribution in [0.25, 0.3) is 0 Å². The first-order valence-electron chi connectivity index (χ1n) is 15.1. The van der Waals surface area contributed by atoms with E-state index in [1.165, 1.54) is 6.92 Å². The number of ether oxygens (including phenoxy) is 1. The van der Waals surface area contributed by atoms with Crippen molar-refractivity contribution in [2.24, 2.45) is 22.1 Å². The minimum absolute atomic E-state index is 0.0169. The fourth-order valence-electron chi connectivity index (χ4n) is 4.93. The van der Waals surface area contributed by atoms with Gasteiger partial charge in [-0.3, -0.25) is 14.6 Å². The third kappa shape index (κ3) is 9.83. The number of unbranched alkanes of at least 4 members (excludes halogenated alkanes) is 2. The number of hydrogen-bond donors (Lipinski definition) is 2. The van der Waals surface area contributed by atoms with Gasteiger partial charge in [-0.15, -0.1) is 5.11 Å². The summed E-state index contributed by atoms with van der Waals surface area (Å²) in [7, 11) is 0. The summed E-state index contributed by atoms with van der Waals surface area (Å²) in [5, 5.41) is 18.3. The first-order valence-corrected chi connectivity index (χ1v) is 15.1. The van der Waals surface area contributed by atoms with E-state index in [0.29, 0.717) is 23.1 Å². The first-order chi connectivity index (χ1) is 19.7. The van der Waals surface area contributed by atoms with Crippen LogP contribution in [0.4, 0.5) is 11.4 Å². The molecule has 1 heterocycles. The highest BCUT2D eigenvalue weighted by Crippen LogP contribution is 2.27. The lowest BCUT2D eigenvalue weighted by Crippen LogP contribution is -2.39. The van der Waals surface area contributed by atoms with Crippen LogP contribution < -0.4 is 5.56 Å². The Hall–Kier alpha value is -3.49. The summed E-state index contributed by atoms with van der Waals surface area (Å²) in [6.45, 7) is 13.6. The van der Waals surface area contributed by atoms with E-state index in [4.69, 9.17) is 4.74 Å². The van der Waals surface area contributed by atoms with Crippen LogP contribution in [0, 0.1) is 18.8 Å². The molecule has 0 aliphatic rings. The molecule has 0 radical (unpaired) electrons. The minimum atomic E-state index is -0.761. The zero-order valence-electron chi connectivity index (χ0n) is 25.7. The summed E-state index contributed by atoms with van der Waals surface area (Å²) >= 11 is 0. The number of aromatic hydroxyl groups is 1. The Morgan fingerprint density at radius 2 is 1.49 bits per heavy atom. The Balaban J connectivity index is 2.29. The molecule has 2 aromatic rings. The van der Waals surface area contributed by atoms with Crippen LogP contribution in [0.15, 0.2) is 39.3 Å². The molecule has 226 valence electrons. The molecule has 0 bridgehead atoms. The number of nitrogens with zero attached hydrogens (tertiary/aromatic N) is 3. The van der Waals surface area contributed by atoms with Crippen LogP contribution in [-0.4, -0.2) is 46.6 Å². The molecule has 2 rings (SSSR count). The van der Waals surface area contributed by atoms with Crippen molar-refractivity contribution in [3.05, 3.63) is 51.3 Å². The third-order valence-electron chi connectivity index (χ3n) is 7.60. The van der Waals surface area contributed by atoms with Gasteiger partial charge in [0, 0.05) is 24.2 Å². The molecule has 0 saturated carbocycles. The molecule has 2 atom stereocenters. The maximum atomic E-state index is 13.7. The highest BCUT2D eigenvalue weighted by atomic mass is 16.5. The van der Waals surface area contributed by atoms with E-state index in [1.807, 2.05) is 4.90 Å². The van der Waals surface area contributed by atoms with Gasteiger partial charge in [0.25, 0.3) is 11.5 Å². The lowest BCUT2D eigenvalue weighted by molar-refractivity contribution is 0.0521. The second kappa shape index (κ2) is 17.4. The second-order valence-corrected chi connectivity index (χ2v) is 10.7. The molecule has 1 aromatic heterocycles. The number of rotatable bonds is 17. The molecule has 1 aromatic carbocycles. The Bertz CT molecular complexity index is 1190. The van der Waals surface area contributed by atoms with E-state index < -0.39 is 17.4 Å². The summed E-state index contributed by atoms with van der Waals surface area (Å²) in [5.41, 5.74) is 0.256. The normalized spacial score (nSPS) is 12.8. The number of aromatic amines is 1. The largest absolute Gasteiger partial charge is 0.494 e. The molecule has 9 nitrogen and oxygen atoms in total. The van der Waals surface area contributed by atoms with Crippen LogP contribution in [0.1, 0.15) is 112 Å². The van der Waals surface area contributed by atoms with Crippen molar-refractivity contribution in [3.8, 4) is 5.88 Å². The summed E-state index contributed by atoms with van der Waals surface area (Å²) < 4.78 is 4.97. The van der Waals surface area contributed by atoms with Crippen LogP contribution in [0.3, 0.4) is 0 Å². The van der Waals surface area contributed by atoms with Crippen molar-refractivity contribution in [2.45, 2.75) is 92.9 Å². The molecule has 0 aliphatic heterocycles. The molecule has 2 unspecified atom stereocenters. The first kappa shape index (κ1) is 33.7. The third-order valence-corrected chi connectivity index (χ3v) is 7.60. The van der Waals surface area contributed by atoms with Crippen LogP contribution in [0.5, 0.6) is 5.88 Å². The Labute approximate surface area is 244 Å². The van der Waals surface area contributed by atoms with Gasteiger partial charge in [0.05, 0.1) is 12.3 Å². The summed E-state index contributed by atoms with van der Waals surface area (Å²) in [5.74, 6) is -0.369. The zero-order valence-corrected chi connectivity index (χ0v) is 25.7. The quantitative estimate of drug-likeness (QED) is 0.148. The number of aromatic nitrogens is 1. The second-order valence-electron chi connectivity index (χ2n) is 10.7. The number of amides is 1. The van der Waals surface area contributed by atoms with Crippen molar-refractivity contribution in [1.82, 2.24) is 9.88 Å². The SMILES string of the molecule is CCCCC(CC)CN(CC(CC)CCCC)C(=O)c1ccc(N=Nc2c(C)c(C(=O)OCC)c(O)[nH]c2=O)cc1. The number of azo groups is 1. The van der Waals surface area contributed by atoms with Gasteiger partial charge in [-0.1, -0.05) is 66.2 Å². The average molecular weight is 569 g/mol. The molecule has 1 amide bonds.